The standard InChI is InChI=1S/C13H22N6/c1-4-10-11-12(18(3)16-10)19(13(14)15-11)8-9-5-6-17(2)7-9/h9H,4-8H2,1-3H3,(H2,14,15). The van der Waals surface area contributed by atoms with E-state index in [9.17, 15) is 0 Å². The number of hydrogen-bond donors (Lipinski definition) is 1. The number of aryl methyl sites for hydroxylation is 2. The van der Waals surface area contributed by atoms with E-state index in [1.807, 2.05) is 11.7 Å². The fraction of sp³-hybridized carbons (Fsp3) is 0.692. The van der Waals surface area contributed by atoms with Gasteiger partial charge in [0, 0.05) is 20.1 Å². The highest BCUT2D eigenvalue weighted by molar-refractivity contribution is 5.77. The first-order valence-corrected chi connectivity index (χ1v) is 6.96. The average molecular weight is 262 g/mol. The molecule has 1 fully saturated rings. The number of fused-ring (bicyclic) bond motifs is 1. The quantitative estimate of drug-likeness (QED) is 0.891. The Kier molecular flexibility index (Phi) is 2.97. The highest BCUT2D eigenvalue weighted by Crippen LogP contribution is 2.25. The van der Waals surface area contributed by atoms with Crippen LogP contribution in [0, 0.1) is 5.92 Å². The first kappa shape index (κ1) is 12.5. The minimum atomic E-state index is 0.618. The summed E-state index contributed by atoms with van der Waals surface area (Å²) in [7, 11) is 4.14. The van der Waals surface area contributed by atoms with Gasteiger partial charge in [-0.25, -0.2) is 4.98 Å². The van der Waals surface area contributed by atoms with Gasteiger partial charge in [0.1, 0.15) is 5.52 Å². The summed E-state index contributed by atoms with van der Waals surface area (Å²) in [6.07, 6.45) is 2.12. The van der Waals surface area contributed by atoms with Crippen LogP contribution in [0.1, 0.15) is 19.0 Å². The molecule has 2 aromatic rings. The Morgan fingerprint density at radius 3 is 2.79 bits per heavy atom. The van der Waals surface area contributed by atoms with Crippen LogP contribution in [0.5, 0.6) is 0 Å². The van der Waals surface area contributed by atoms with Crippen molar-refractivity contribution in [1.29, 1.82) is 0 Å². The lowest BCUT2D eigenvalue weighted by Gasteiger charge is -2.13. The molecule has 0 aliphatic carbocycles. The number of nitrogen functional groups attached to an aromatic ring is 1. The van der Waals surface area contributed by atoms with Crippen LogP contribution < -0.4 is 5.73 Å². The number of imidazole rings is 1. The van der Waals surface area contributed by atoms with E-state index in [2.05, 4.69) is 33.5 Å². The van der Waals surface area contributed by atoms with Gasteiger partial charge < -0.3 is 10.6 Å². The second-order valence-corrected chi connectivity index (χ2v) is 5.59. The van der Waals surface area contributed by atoms with E-state index in [-0.39, 0.29) is 0 Å². The summed E-state index contributed by atoms with van der Waals surface area (Å²) in [6, 6.07) is 0. The van der Waals surface area contributed by atoms with Crippen molar-refractivity contribution in [2.75, 3.05) is 25.9 Å². The molecule has 6 heteroatoms. The van der Waals surface area contributed by atoms with Crippen molar-refractivity contribution < 1.29 is 0 Å². The molecule has 1 aliphatic rings. The zero-order chi connectivity index (χ0) is 13.6. The summed E-state index contributed by atoms with van der Waals surface area (Å²) in [5.41, 5.74) is 9.16. The summed E-state index contributed by atoms with van der Waals surface area (Å²) in [5.74, 6) is 1.27. The molecule has 2 N–H and O–H groups in total. The average Bonchev–Trinajstić information content (AvgIpc) is 3.00. The zero-order valence-corrected chi connectivity index (χ0v) is 11.9. The monoisotopic (exact) mass is 262 g/mol. The molecule has 3 heterocycles. The lowest BCUT2D eigenvalue weighted by atomic mass is 10.1. The fourth-order valence-electron chi connectivity index (χ4n) is 3.11. The second kappa shape index (κ2) is 4.52. The van der Waals surface area contributed by atoms with Crippen LogP contribution in [0.3, 0.4) is 0 Å². The van der Waals surface area contributed by atoms with E-state index in [1.165, 1.54) is 13.0 Å². The van der Waals surface area contributed by atoms with Gasteiger partial charge in [-0.2, -0.15) is 5.10 Å². The SMILES string of the molecule is CCc1nn(C)c2c1nc(N)n2CC1CCN(C)C1. The van der Waals surface area contributed by atoms with Crippen LogP contribution in [-0.4, -0.2) is 44.4 Å². The van der Waals surface area contributed by atoms with Crippen molar-refractivity contribution in [2.45, 2.75) is 26.3 Å². The minimum Gasteiger partial charge on any atom is -0.369 e. The lowest BCUT2D eigenvalue weighted by molar-refractivity contribution is 0.380. The van der Waals surface area contributed by atoms with Gasteiger partial charge in [-0.05, 0) is 32.4 Å². The molecular formula is C13H22N6. The van der Waals surface area contributed by atoms with E-state index < -0.39 is 0 Å². The van der Waals surface area contributed by atoms with Crippen molar-refractivity contribution in [3.05, 3.63) is 5.69 Å². The van der Waals surface area contributed by atoms with Crippen molar-refractivity contribution in [1.82, 2.24) is 24.2 Å². The maximum Gasteiger partial charge on any atom is 0.202 e. The third-order valence-electron chi connectivity index (χ3n) is 4.09. The first-order chi connectivity index (χ1) is 9.10. The molecule has 1 aliphatic heterocycles. The summed E-state index contributed by atoms with van der Waals surface area (Å²) in [6.45, 7) is 5.35. The molecule has 19 heavy (non-hydrogen) atoms. The number of hydrogen-bond acceptors (Lipinski definition) is 4. The highest BCUT2D eigenvalue weighted by Gasteiger charge is 2.23. The van der Waals surface area contributed by atoms with Crippen molar-refractivity contribution in [3.63, 3.8) is 0 Å². The normalized spacial score (nSPS) is 20.7. The van der Waals surface area contributed by atoms with Crippen LogP contribution >= 0.6 is 0 Å². The van der Waals surface area contributed by atoms with Gasteiger partial charge in [0.25, 0.3) is 0 Å². The Morgan fingerprint density at radius 1 is 1.37 bits per heavy atom. The molecule has 0 bridgehead atoms. The summed E-state index contributed by atoms with van der Waals surface area (Å²) in [4.78, 5) is 6.88. The lowest BCUT2D eigenvalue weighted by Crippen LogP contribution is -2.18. The van der Waals surface area contributed by atoms with Crippen LogP contribution in [0.15, 0.2) is 0 Å². The molecule has 0 spiro atoms. The second-order valence-electron chi connectivity index (χ2n) is 5.59. The van der Waals surface area contributed by atoms with E-state index in [0.29, 0.717) is 11.9 Å². The predicted molar refractivity (Wildman–Crippen MR) is 75.9 cm³/mol. The van der Waals surface area contributed by atoms with Crippen LogP contribution in [0.2, 0.25) is 0 Å². The number of anilines is 1. The smallest absolute Gasteiger partial charge is 0.202 e. The summed E-state index contributed by atoms with van der Waals surface area (Å²) < 4.78 is 4.04. The molecule has 3 rings (SSSR count). The fourth-order valence-corrected chi connectivity index (χ4v) is 3.11. The van der Waals surface area contributed by atoms with E-state index in [1.54, 1.807) is 0 Å². The van der Waals surface area contributed by atoms with Gasteiger partial charge in [0.2, 0.25) is 5.95 Å². The number of nitrogens with zero attached hydrogens (tertiary/aromatic N) is 5. The van der Waals surface area contributed by atoms with Crippen LogP contribution in [0.4, 0.5) is 5.95 Å². The first-order valence-electron chi connectivity index (χ1n) is 6.96. The Hall–Kier alpha value is -1.56. The van der Waals surface area contributed by atoms with Gasteiger partial charge >= 0.3 is 0 Å². The molecule has 0 amide bonds. The Morgan fingerprint density at radius 2 is 2.16 bits per heavy atom. The Bertz CT molecular complexity index is 596. The molecule has 1 atom stereocenters. The van der Waals surface area contributed by atoms with Gasteiger partial charge in [0.15, 0.2) is 5.65 Å². The van der Waals surface area contributed by atoms with Crippen molar-refractivity contribution in [2.24, 2.45) is 13.0 Å². The molecule has 6 nitrogen and oxygen atoms in total. The maximum atomic E-state index is 6.10. The predicted octanol–water partition coefficient (Wildman–Crippen LogP) is 0.866. The van der Waals surface area contributed by atoms with E-state index in [4.69, 9.17) is 5.73 Å². The largest absolute Gasteiger partial charge is 0.369 e. The summed E-state index contributed by atoms with van der Waals surface area (Å²) >= 11 is 0. The van der Waals surface area contributed by atoms with Gasteiger partial charge in [-0.1, -0.05) is 6.92 Å². The number of nitrogens with two attached hydrogens (primary N) is 1. The molecule has 0 radical (unpaired) electrons. The number of aromatic nitrogens is 4. The van der Waals surface area contributed by atoms with E-state index in [0.717, 1.165) is 36.4 Å². The third kappa shape index (κ3) is 2.00. The molecule has 1 saturated heterocycles. The third-order valence-corrected chi connectivity index (χ3v) is 4.09. The van der Waals surface area contributed by atoms with Gasteiger partial charge in [-0.3, -0.25) is 9.25 Å². The number of rotatable bonds is 3. The molecule has 1 unspecified atom stereocenters. The zero-order valence-electron chi connectivity index (χ0n) is 11.9. The van der Waals surface area contributed by atoms with Crippen molar-refractivity contribution in [3.8, 4) is 0 Å². The van der Waals surface area contributed by atoms with Gasteiger partial charge in [-0.15, -0.1) is 0 Å². The Balaban J connectivity index is 1.98. The van der Waals surface area contributed by atoms with Gasteiger partial charge in [0.05, 0.1) is 5.69 Å². The molecule has 0 saturated carbocycles. The van der Waals surface area contributed by atoms with E-state index >= 15 is 0 Å². The molecule has 2 aromatic heterocycles. The molecular weight excluding hydrogens is 240 g/mol. The number of likely N-dealkylation sites (tertiary alicyclic amines) is 1. The minimum absolute atomic E-state index is 0.618. The topological polar surface area (TPSA) is 64.9 Å². The van der Waals surface area contributed by atoms with Crippen LogP contribution in [-0.2, 0) is 20.0 Å². The highest BCUT2D eigenvalue weighted by atomic mass is 15.3. The van der Waals surface area contributed by atoms with Crippen molar-refractivity contribution >= 4 is 17.1 Å². The Labute approximate surface area is 113 Å². The maximum absolute atomic E-state index is 6.10. The summed E-state index contributed by atoms with van der Waals surface area (Å²) in [5, 5.41) is 4.53. The van der Waals surface area contributed by atoms with Crippen LogP contribution in [0.25, 0.3) is 11.2 Å². The molecule has 0 aromatic carbocycles. The molecule has 104 valence electrons.